The third-order valence-corrected chi connectivity index (χ3v) is 3.88. The summed E-state index contributed by atoms with van der Waals surface area (Å²) in [7, 11) is 2.09. The third-order valence-electron chi connectivity index (χ3n) is 3.88. The summed E-state index contributed by atoms with van der Waals surface area (Å²) in [5.41, 5.74) is -0.600. The van der Waals surface area contributed by atoms with Gasteiger partial charge in [0.1, 0.15) is 5.75 Å². The SMILES string of the molecule is CN1CCCCC1CCOc1cccc([B-](F)(F)F)c1.[K+]. The summed E-state index contributed by atoms with van der Waals surface area (Å²) in [6, 6.07) is 5.63. The van der Waals surface area contributed by atoms with Gasteiger partial charge in [0.25, 0.3) is 0 Å². The number of hydrogen-bond acceptors (Lipinski definition) is 2. The van der Waals surface area contributed by atoms with E-state index < -0.39 is 12.4 Å². The van der Waals surface area contributed by atoms with E-state index in [4.69, 9.17) is 4.74 Å². The molecule has 1 atom stereocenters. The summed E-state index contributed by atoms with van der Waals surface area (Å²) in [4.78, 5) is 2.31. The van der Waals surface area contributed by atoms with Crippen LogP contribution in [0.3, 0.4) is 0 Å². The molecule has 0 aromatic heterocycles. The first kappa shape index (κ1) is 19.5. The van der Waals surface area contributed by atoms with Crippen molar-refractivity contribution >= 4 is 12.4 Å². The standard InChI is InChI=1S/C14H20BF3NO.K/c1-19-9-3-2-6-13(19)8-10-20-14-7-4-5-12(11-14)15(16,17)18;/h4-5,7,11,13H,2-3,6,8-10H2,1H3;/q-1;+1. The van der Waals surface area contributed by atoms with Crippen molar-refractivity contribution in [1.82, 2.24) is 4.90 Å². The van der Waals surface area contributed by atoms with Crippen molar-refractivity contribution in [3.8, 4) is 5.75 Å². The van der Waals surface area contributed by atoms with Crippen LogP contribution in [0.1, 0.15) is 25.7 Å². The maximum atomic E-state index is 12.6. The molecule has 7 heteroatoms. The molecule has 0 amide bonds. The van der Waals surface area contributed by atoms with Crippen LogP contribution in [-0.4, -0.2) is 38.1 Å². The molecule has 1 aliphatic rings. The Labute approximate surface area is 166 Å². The van der Waals surface area contributed by atoms with E-state index in [0.717, 1.165) is 31.5 Å². The van der Waals surface area contributed by atoms with E-state index in [1.54, 1.807) is 6.07 Å². The van der Waals surface area contributed by atoms with Gasteiger partial charge in [-0.25, -0.2) is 0 Å². The molecule has 2 rings (SSSR count). The number of piperidine rings is 1. The average molecular weight is 325 g/mol. The molecule has 21 heavy (non-hydrogen) atoms. The van der Waals surface area contributed by atoms with E-state index in [9.17, 15) is 12.9 Å². The first-order valence-corrected chi connectivity index (χ1v) is 7.10. The Morgan fingerprint density at radius 1 is 1.29 bits per heavy atom. The van der Waals surface area contributed by atoms with Gasteiger partial charge in [0.05, 0.1) is 6.61 Å². The van der Waals surface area contributed by atoms with Crippen LogP contribution in [0, 0.1) is 0 Å². The zero-order chi connectivity index (χ0) is 14.6. The van der Waals surface area contributed by atoms with E-state index in [0.29, 0.717) is 18.4 Å². The first-order valence-electron chi connectivity index (χ1n) is 7.10. The van der Waals surface area contributed by atoms with Gasteiger partial charge < -0.3 is 22.6 Å². The summed E-state index contributed by atoms with van der Waals surface area (Å²) < 4.78 is 43.4. The monoisotopic (exact) mass is 325 g/mol. The average Bonchev–Trinajstić information content (AvgIpc) is 2.40. The van der Waals surface area contributed by atoms with E-state index in [-0.39, 0.29) is 51.4 Å². The Morgan fingerprint density at radius 3 is 2.71 bits per heavy atom. The fourth-order valence-corrected chi connectivity index (χ4v) is 2.63. The summed E-state index contributed by atoms with van der Waals surface area (Å²) in [5, 5.41) is 0. The van der Waals surface area contributed by atoms with Crippen LogP contribution < -0.4 is 61.6 Å². The van der Waals surface area contributed by atoms with Gasteiger partial charge in [-0.1, -0.05) is 18.6 Å². The van der Waals surface area contributed by atoms with Crippen LogP contribution in [0.15, 0.2) is 24.3 Å². The Balaban J connectivity index is 0.00000220. The molecule has 0 saturated carbocycles. The Morgan fingerprint density at radius 2 is 2.05 bits per heavy atom. The Hall–Kier alpha value is 0.471. The van der Waals surface area contributed by atoms with Crippen LogP contribution in [-0.2, 0) is 0 Å². The second-order valence-corrected chi connectivity index (χ2v) is 5.41. The molecule has 0 radical (unpaired) electrons. The van der Waals surface area contributed by atoms with Crippen LogP contribution in [0.2, 0.25) is 0 Å². The van der Waals surface area contributed by atoms with Gasteiger partial charge in [-0.2, -0.15) is 0 Å². The van der Waals surface area contributed by atoms with Gasteiger partial charge in [0.2, 0.25) is 0 Å². The number of halogens is 3. The van der Waals surface area contributed by atoms with Crippen molar-refractivity contribution in [3.05, 3.63) is 24.3 Å². The van der Waals surface area contributed by atoms with E-state index in [2.05, 4.69) is 11.9 Å². The maximum Gasteiger partial charge on any atom is 1.00 e. The van der Waals surface area contributed by atoms with Gasteiger partial charge in [-0.3, -0.25) is 0 Å². The zero-order valence-electron chi connectivity index (χ0n) is 12.7. The fourth-order valence-electron chi connectivity index (χ4n) is 2.63. The zero-order valence-corrected chi connectivity index (χ0v) is 15.8. The summed E-state index contributed by atoms with van der Waals surface area (Å²) in [5.74, 6) is 0.306. The predicted octanol–water partition coefficient (Wildman–Crippen LogP) is -0.00180. The van der Waals surface area contributed by atoms with E-state index in [1.807, 2.05) is 0 Å². The van der Waals surface area contributed by atoms with Crippen LogP contribution in [0.25, 0.3) is 0 Å². The molecule has 1 aromatic rings. The van der Waals surface area contributed by atoms with Crippen molar-refractivity contribution in [2.24, 2.45) is 0 Å². The van der Waals surface area contributed by atoms with Crippen LogP contribution >= 0.6 is 0 Å². The van der Waals surface area contributed by atoms with E-state index in [1.165, 1.54) is 18.9 Å². The van der Waals surface area contributed by atoms with Crippen LogP contribution in [0.4, 0.5) is 12.9 Å². The molecule has 0 spiro atoms. The van der Waals surface area contributed by atoms with Crippen LogP contribution in [0.5, 0.6) is 5.75 Å². The molecule has 112 valence electrons. The third kappa shape index (κ3) is 6.23. The molecule has 1 unspecified atom stereocenters. The summed E-state index contributed by atoms with van der Waals surface area (Å²) in [6.07, 6.45) is 4.45. The minimum Gasteiger partial charge on any atom is -0.494 e. The molecular weight excluding hydrogens is 305 g/mol. The summed E-state index contributed by atoms with van der Waals surface area (Å²) in [6.45, 7) is -3.40. The number of ether oxygens (including phenoxy) is 1. The maximum absolute atomic E-state index is 12.6. The topological polar surface area (TPSA) is 12.5 Å². The van der Waals surface area contributed by atoms with Crippen molar-refractivity contribution in [2.75, 3.05) is 20.2 Å². The quantitative estimate of drug-likeness (QED) is 0.707. The molecule has 1 fully saturated rings. The Bertz CT molecular complexity index is 444. The van der Waals surface area contributed by atoms with Crippen molar-refractivity contribution < 1.29 is 69.1 Å². The van der Waals surface area contributed by atoms with Gasteiger partial charge in [-0.15, -0.1) is 5.46 Å². The van der Waals surface area contributed by atoms with Gasteiger partial charge in [-0.05, 0) is 45.0 Å². The fraction of sp³-hybridized carbons (Fsp3) is 0.571. The summed E-state index contributed by atoms with van der Waals surface area (Å²) >= 11 is 0. The first-order chi connectivity index (χ1) is 9.47. The van der Waals surface area contributed by atoms with Gasteiger partial charge in [0, 0.05) is 6.04 Å². The minimum absolute atomic E-state index is 0. The molecule has 0 aliphatic carbocycles. The number of rotatable bonds is 5. The molecule has 0 N–H and O–H groups in total. The second kappa shape index (κ2) is 8.94. The van der Waals surface area contributed by atoms with Crippen molar-refractivity contribution in [3.63, 3.8) is 0 Å². The van der Waals surface area contributed by atoms with E-state index >= 15 is 0 Å². The molecule has 1 saturated heterocycles. The smallest absolute Gasteiger partial charge is 0.494 e. The predicted molar refractivity (Wildman–Crippen MR) is 75.5 cm³/mol. The molecule has 1 aliphatic heterocycles. The normalized spacial score (nSPS) is 19.9. The minimum atomic E-state index is -4.96. The molecular formula is C14H20BF3KNO. The number of hydrogen-bond donors (Lipinski definition) is 0. The molecule has 1 aromatic carbocycles. The largest absolute Gasteiger partial charge is 1.00 e. The number of benzene rings is 1. The number of likely N-dealkylation sites (tertiary alicyclic amines) is 1. The molecule has 2 nitrogen and oxygen atoms in total. The molecule has 0 bridgehead atoms. The van der Waals surface area contributed by atoms with Gasteiger partial charge >= 0.3 is 58.4 Å². The van der Waals surface area contributed by atoms with Crippen molar-refractivity contribution in [1.29, 1.82) is 0 Å². The second-order valence-electron chi connectivity index (χ2n) is 5.41. The van der Waals surface area contributed by atoms with Gasteiger partial charge in [0.15, 0.2) is 0 Å². The molecule has 1 heterocycles. The number of nitrogens with zero attached hydrogens (tertiary/aromatic N) is 1. The van der Waals surface area contributed by atoms with Crippen molar-refractivity contribution in [2.45, 2.75) is 31.7 Å². The Kier molecular flexibility index (Phi) is 8.31.